The monoisotopic (exact) mass is 909 g/mol. The molecular weight excluding hydrogens is 859 g/mol. The predicted octanol–water partition coefficient (Wildman–Crippen LogP) is 11.2. The number of nitrogens with zero attached hydrogens (tertiary/aromatic N) is 2. The second-order valence-corrected chi connectivity index (χ2v) is 15.8. The van der Waals surface area contributed by atoms with Crippen LogP contribution < -0.4 is 24.4 Å². The fraction of sp³-hybridized carbons (Fsp3) is 0.231. The summed E-state index contributed by atoms with van der Waals surface area (Å²) in [7, 11) is 0. The third-order valence-corrected chi connectivity index (χ3v) is 10.8. The Labute approximate surface area is 387 Å². The first kappa shape index (κ1) is 47.9. The van der Waals surface area contributed by atoms with Gasteiger partial charge in [0, 0.05) is 17.7 Å². The maximum Gasteiger partial charge on any atom is 0.343 e. The lowest BCUT2D eigenvalue weighted by molar-refractivity contribution is -0.138. The molecule has 0 saturated carbocycles. The number of thiazole rings is 1. The Morgan fingerprint density at radius 2 is 1.08 bits per heavy atom. The molecule has 0 spiro atoms. The third kappa shape index (κ3) is 15.3. The van der Waals surface area contributed by atoms with E-state index in [2.05, 4.69) is 28.7 Å². The van der Waals surface area contributed by atoms with Gasteiger partial charge in [0.1, 0.15) is 23.0 Å². The minimum absolute atomic E-state index is 0.312. The Kier molecular flexibility index (Phi) is 18.6. The van der Waals surface area contributed by atoms with Gasteiger partial charge in [0.05, 0.1) is 54.0 Å². The lowest BCUT2D eigenvalue weighted by atomic mass is 10.00. The second-order valence-electron chi connectivity index (χ2n) is 14.7. The van der Waals surface area contributed by atoms with Crippen LogP contribution in [-0.2, 0) is 19.1 Å². The number of hydrogen-bond donors (Lipinski definition) is 1. The molecule has 6 aromatic rings. The number of carbonyl (C=O) groups is 4. The molecule has 0 bridgehead atoms. The highest BCUT2D eigenvalue weighted by molar-refractivity contribution is 7.22. The van der Waals surface area contributed by atoms with E-state index in [1.54, 1.807) is 79.0 Å². The van der Waals surface area contributed by atoms with Crippen LogP contribution in [0, 0.1) is 0 Å². The first-order chi connectivity index (χ1) is 32.3. The summed E-state index contributed by atoms with van der Waals surface area (Å²) in [5.74, 6) is 0.0855. The summed E-state index contributed by atoms with van der Waals surface area (Å²) in [5, 5.41) is 5.10. The number of hydrazone groups is 1. The summed E-state index contributed by atoms with van der Waals surface area (Å²) in [6.45, 7) is 8.56. The van der Waals surface area contributed by atoms with Gasteiger partial charge in [-0.15, -0.1) is 0 Å². The van der Waals surface area contributed by atoms with Crippen LogP contribution in [-0.4, -0.2) is 61.5 Å². The van der Waals surface area contributed by atoms with Crippen molar-refractivity contribution in [2.75, 3.05) is 31.9 Å². The van der Waals surface area contributed by atoms with Crippen molar-refractivity contribution in [2.45, 2.75) is 51.4 Å². The number of hydrogen-bond acceptors (Lipinski definition) is 14. The molecular formula is C52H51N3O10S. The van der Waals surface area contributed by atoms with E-state index in [0.717, 1.165) is 84.9 Å². The smallest absolute Gasteiger partial charge is 0.343 e. The third-order valence-electron chi connectivity index (χ3n) is 9.88. The van der Waals surface area contributed by atoms with Gasteiger partial charge >= 0.3 is 23.9 Å². The minimum atomic E-state index is -0.538. The molecule has 0 aliphatic rings. The highest BCUT2D eigenvalue weighted by Crippen LogP contribution is 2.30. The fourth-order valence-electron chi connectivity index (χ4n) is 6.42. The minimum Gasteiger partial charge on any atom is -0.494 e. The maximum atomic E-state index is 13.3. The predicted molar refractivity (Wildman–Crippen MR) is 256 cm³/mol. The lowest BCUT2D eigenvalue weighted by Gasteiger charge is -2.11. The van der Waals surface area contributed by atoms with Gasteiger partial charge in [-0.05, 0) is 147 Å². The van der Waals surface area contributed by atoms with E-state index in [-0.39, 0.29) is 0 Å². The summed E-state index contributed by atoms with van der Waals surface area (Å²) >= 11 is 1.48. The number of nitrogens with one attached hydrogen (secondary N) is 1. The molecule has 0 unspecified atom stereocenters. The van der Waals surface area contributed by atoms with Crippen LogP contribution in [0.4, 0.5) is 5.13 Å². The van der Waals surface area contributed by atoms with Crippen molar-refractivity contribution < 1.29 is 47.6 Å². The van der Waals surface area contributed by atoms with Gasteiger partial charge in [-0.1, -0.05) is 54.8 Å². The largest absolute Gasteiger partial charge is 0.494 e. The molecule has 0 amide bonds. The molecule has 0 fully saturated rings. The van der Waals surface area contributed by atoms with Gasteiger partial charge in [0.15, 0.2) is 0 Å². The van der Waals surface area contributed by atoms with Gasteiger partial charge < -0.3 is 28.4 Å². The van der Waals surface area contributed by atoms with E-state index in [0.29, 0.717) is 71.2 Å². The average molecular weight is 910 g/mol. The number of rotatable bonds is 26. The van der Waals surface area contributed by atoms with E-state index in [1.165, 1.54) is 11.3 Å². The normalized spacial score (nSPS) is 10.8. The molecule has 13 nitrogen and oxygen atoms in total. The van der Waals surface area contributed by atoms with Crippen LogP contribution in [0.5, 0.6) is 23.0 Å². The van der Waals surface area contributed by atoms with E-state index in [4.69, 9.17) is 28.4 Å². The quantitative estimate of drug-likeness (QED) is 0.0137. The summed E-state index contributed by atoms with van der Waals surface area (Å²) in [6.07, 6.45) is 10.9. The zero-order valence-corrected chi connectivity index (χ0v) is 37.3. The first-order valence-corrected chi connectivity index (χ1v) is 22.5. The molecule has 5 aromatic carbocycles. The van der Waals surface area contributed by atoms with Crippen LogP contribution in [0.1, 0.15) is 77.6 Å². The van der Waals surface area contributed by atoms with Crippen molar-refractivity contribution in [2.24, 2.45) is 5.10 Å². The molecule has 0 atom stereocenters. The van der Waals surface area contributed by atoms with Crippen molar-refractivity contribution >= 4 is 56.8 Å². The van der Waals surface area contributed by atoms with Gasteiger partial charge in [0.2, 0.25) is 5.13 Å². The van der Waals surface area contributed by atoms with Crippen LogP contribution in [0.15, 0.2) is 146 Å². The number of ether oxygens (including phenoxy) is 6. The van der Waals surface area contributed by atoms with Crippen molar-refractivity contribution in [3.05, 3.63) is 157 Å². The van der Waals surface area contributed by atoms with Crippen LogP contribution in [0.3, 0.4) is 0 Å². The number of anilines is 1. The molecule has 0 aliphatic heterocycles. The fourth-order valence-corrected chi connectivity index (χ4v) is 7.23. The summed E-state index contributed by atoms with van der Waals surface area (Å²) in [6, 6.07) is 33.7. The highest BCUT2D eigenvalue weighted by Gasteiger charge is 2.14. The van der Waals surface area contributed by atoms with Gasteiger partial charge in [-0.3, -0.25) is 5.43 Å². The average Bonchev–Trinajstić information content (AvgIpc) is 3.76. The Morgan fingerprint density at radius 1 is 0.576 bits per heavy atom. The van der Waals surface area contributed by atoms with Crippen LogP contribution in [0.25, 0.3) is 21.3 Å². The summed E-state index contributed by atoms with van der Waals surface area (Å²) in [5.41, 5.74) is 6.84. The Balaban J connectivity index is 1.04. The highest BCUT2D eigenvalue weighted by atomic mass is 32.1. The maximum absolute atomic E-state index is 13.3. The number of carbonyl (C=O) groups excluding carboxylic acids is 4. The zero-order chi connectivity index (χ0) is 46.4. The number of para-hydroxylation sites is 1. The summed E-state index contributed by atoms with van der Waals surface area (Å²) in [4.78, 5) is 53.1. The van der Waals surface area contributed by atoms with E-state index in [9.17, 15) is 19.2 Å². The molecule has 0 saturated heterocycles. The topological polar surface area (TPSA) is 161 Å². The number of fused-ring (bicyclic) bond motifs is 1. The molecule has 0 radical (unpaired) electrons. The van der Waals surface area contributed by atoms with Crippen LogP contribution in [0.2, 0.25) is 0 Å². The number of unbranched alkanes of at least 4 members (excludes halogenated alkanes) is 6. The molecule has 1 aromatic heterocycles. The Morgan fingerprint density at radius 3 is 1.62 bits per heavy atom. The molecule has 14 heteroatoms. The van der Waals surface area contributed by atoms with Gasteiger partial charge in [0.25, 0.3) is 0 Å². The van der Waals surface area contributed by atoms with E-state index in [1.807, 2.05) is 42.5 Å². The van der Waals surface area contributed by atoms with Crippen LogP contribution >= 0.6 is 11.3 Å². The molecule has 1 heterocycles. The summed E-state index contributed by atoms with van der Waals surface area (Å²) < 4.78 is 34.2. The Hall–Kier alpha value is -7.58. The van der Waals surface area contributed by atoms with Crippen molar-refractivity contribution in [1.29, 1.82) is 0 Å². The molecule has 1 N–H and O–H groups in total. The first-order valence-electron chi connectivity index (χ1n) is 21.7. The molecule has 340 valence electrons. The van der Waals surface area contributed by atoms with Crippen molar-refractivity contribution in [1.82, 2.24) is 4.98 Å². The van der Waals surface area contributed by atoms with Gasteiger partial charge in [-0.2, -0.15) is 5.10 Å². The molecule has 0 aliphatic carbocycles. The second kappa shape index (κ2) is 25.6. The zero-order valence-electron chi connectivity index (χ0n) is 36.5. The van der Waals surface area contributed by atoms with Gasteiger partial charge in [-0.25, -0.2) is 24.2 Å². The number of aromatic nitrogens is 1. The van der Waals surface area contributed by atoms with E-state index >= 15 is 0 Å². The Bertz CT molecular complexity index is 2560. The standard InChI is InChI=1S/C52H51N3O10S/c1-3-48(56)62-33-13-7-5-11-31-60-41-23-19-38(20-24-41)50(58)64-43-27-17-37(18-28-43)45-30-29-44(35-40(45)36-53-55-52-54-46-15-9-10-16-47(46)66-52)65-51(59)39-21-25-42(26-22-39)61-32-12-6-8-14-34-63-49(57)4-2/h3-4,9-10,15-30,35-36H,1-2,5-8,11-14,31-34H2,(H,54,55)/b53-36+. The molecule has 66 heavy (non-hydrogen) atoms. The molecule has 6 rings (SSSR count). The lowest BCUT2D eigenvalue weighted by Crippen LogP contribution is -2.09. The number of esters is 4. The van der Waals surface area contributed by atoms with E-state index < -0.39 is 23.9 Å². The SMILES string of the molecule is C=CC(=O)OCCCCCCOc1ccc(C(=O)Oc2ccc(-c3ccc(OC(=O)c4ccc(OCCCCCCOC(=O)C=C)cc4)cc3/C=N/Nc3nc4ccccc4s3)cc2)cc1. The van der Waals surface area contributed by atoms with Crippen molar-refractivity contribution in [3.63, 3.8) is 0 Å². The van der Waals surface area contributed by atoms with Crippen molar-refractivity contribution in [3.8, 4) is 34.1 Å². The number of benzene rings is 5.